The first-order valence-corrected chi connectivity index (χ1v) is 12.4. The van der Waals surface area contributed by atoms with E-state index in [1.165, 1.54) is 10.5 Å². The number of nitrogens with zero attached hydrogens (tertiary/aromatic N) is 2. The molecule has 0 unspecified atom stereocenters. The van der Waals surface area contributed by atoms with Gasteiger partial charge in [-0.25, -0.2) is 4.98 Å². The lowest BCUT2D eigenvalue weighted by Crippen LogP contribution is -2.30. The number of benzene rings is 3. The molecule has 31 heavy (non-hydrogen) atoms. The number of thiazole rings is 1. The number of aryl methyl sites for hydroxylation is 1. The first-order valence-electron chi connectivity index (χ1n) is 10.6. The molecular weight excluding hydrogens is 420 g/mol. The number of anilines is 1. The van der Waals surface area contributed by atoms with Crippen LogP contribution in [0.15, 0.2) is 83.8 Å². The van der Waals surface area contributed by atoms with E-state index in [2.05, 4.69) is 49.4 Å². The molecule has 4 aromatic rings. The zero-order valence-corrected chi connectivity index (χ0v) is 19.3. The highest BCUT2D eigenvalue weighted by molar-refractivity contribution is 7.99. The lowest BCUT2D eigenvalue weighted by atomic mass is 10.2. The highest BCUT2D eigenvalue weighted by Gasteiger charge is 2.20. The average molecular weight is 447 g/mol. The van der Waals surface area contributed by atoms with Crippen molar-refractivity contribution in [1.82, 2.24) is 4.98 Å². The molecule has 158 valence electrons. The Morgan fingerprint density at radius 2 is 1.71 bits per heavy atom. The molecule has 5 heteroatoms. The van der Waals surface area contributed by atoms with Crippen molar-refractivity contribution in [2.24, 2.45) is 0 Å². The molecule has 4 rings (SSSR count). The Morgan fingerprint density at radius 1 is 0.968 bits per heavy atom. The normalized spacial score (nSPS) is 11.0. The van der Waals surface area contributed by atoms with Crippen molar-refractivity contribution in [3.8, 4) is 0 Å². The zero-order chi connectivity index (χ0) is 21.5. The highest BCUT2D eigenvalue weighted by Crippen LogP contribution is 2.31. The molecule has 0 aliphatic carbocycles. The number of thioether (sulfide) groups is 1. The van der Waals surface area contributed by atoms with Gasteiger partial charge in [0.15, 0.2) is 5.13 Å². The van der Waals surface area contributed by atoms with Gasteiger partial charge >= 0.3 is 0 Å². The molecular formula is C26H26N2OS2. The SMILES string of the molecule is CCc1ccc2nc(N(Cc3ccccc3)C(=O)CCCSc3ccccc3)sc2c1. The van der Waals surface area contributed by atoms with E-state index in [9.17, 15) is 4.79 Å². The van der Waals surface area contributed by atoms with E-state index in [1.807, 2.05) is 41.3 Å². The van der Waals surface area contributed by atoms with Crippen LogP contribution in [0.3, 0.4) is 0 Å². The summed E-state index contributed by atoms with van der Waals surface area (Å²) < 4.78 is 1.14. The lowest BCUT2D eigenvalue weighted by Gasteiger charge is -2.20. The molecule has 0 aliphatic heterocycles. The molecule has 0 bridgehead atoms. The molecule has 1 aromatic heterocycles. The summed E-state index contributed by atoms with van der Waals surface area (Å²) in [7, 11) is 0. The molecule has 0 saturated carbocycles. The fraction of sp³-hybridized carbons (Fsp3) is 0.231. The first-order chi connectivity index (χ1) is 15.2. The van der Waals surface area contributed by atoms with E-state index in [0.29, 0.717) is 13.0 Å². The van der Waals surface area contributed by atoms with E-state index in [-0.39, 0.29) is 5.91 Å². The Hall–Kier alpha value is -2.63. The van der Waals surface area contributed by atoms with Crippen molar-refractivity contribution in [2.75, 3.05) is 10.7 Å². The Labute approximate surface area is 192 Å². The minimum Gasteiger partial charge on any atom is -0.284 e. The maximum atomic E-state index is 13.2. The molecule has 3 aromatic carbocycles. The van der Waals surface area contributed by atoms with Crippen LogP contribution in [0.1, 0.15) is 30.9 Å². The maximum absolute atomic E-state index is 13.2. The quantitative estimate of drug-likeness (QED) is 0.206. The van der Waals surface area contributed by atoms with Gasteiger partial charge in [0.05, 0.1) is 16.8 Å². The summed E-state index contributed by atoms with van der Waals surface area (Å²) in [5, 5.41) is 0.785. The standard InChI is InChI=1S/C26H26N2OS2/c1-2-20-15-16-23-24(18-20)31-26(27-23)28(19-21-10-5-3-6-11-21)25(29)14-9-17-30-22-12-7-4-8-13-22/h3-8,10-13,15-16,18H,2,9,14,17,19H2,1H3. The molecule has 0 radical (unpaired) electrons. The van der Waals surface area contributed by atoms with Crippen molar-refractivity contribution >= 4 is 44.4 Å². The van der Waals surface area contributed by atoms with Crippen LogP contribution < -0.4 is 4.90 Å². The molecule has 0 fully saturated rings. The van der Waals surface area contributed by atoms with Crippen molar-refractivity contribution in [1.29, 1.82) is 0 Å². The number of carbonyl (C=O) groups is 1. The van der Waals surface area contributed by atoms with Gasteiger partial charge in [-0.3, -0.25) is 9.69 Å². The van der Waals surface area contributed by atoms with Crippen LogP contribution >= 0.6 is 23.1 Å². The van der Waals surface area contributed by atoms with Gasteiger partial charge in [0.25, 0.3) is 0 Å². The third kappa shape index (κ3) is 5.75. The van der Waals surface area contributed by atoms with Crippen LogP contribution in [-0.4, -0.2) is 16.6 Å². The lowest BCUT2D eigenvalue weighted by molar-refractivity contribution is -0.118. The molecule has 1 heterocycles. The summed E-state index contributed by atoms with van der Waals surface area (Å²) in [6.45, 7) is 2.70. The number of rotatable bonds is 9. The average Bonchev–Trinajstić information content (AvgIpc) is 3.24. The number of amides is 1. The fourth-order valence-corrected chi connectivity index (χ4v) is 5.31. The Morgan fingerprint density at radius 3 is 2.45 bits per heavy atom. The summed E-state index contributed by atoms with van der Waals surface area (Å²) in [6, 6.07) is 26.9. The van der Waals surface area contributed by atoms with Crippen LogP contribution in [-0.2, 0) is 17.8 Å². The predicted molar refractivity (Wildman–Crippen MR) is 133 cm³/mol. The number of hydrogen-bond acceptors (Lipinski definition) is 4. The summed E-state index contributed by atoms with van der Waals surface area (Å²) in [4.78, 5) is 21.1. The van der Waals surface area contributed by atoms with E-state index < -0.39 is 0 Å². The second kappa shape index (κ2) is 10.6. The summed E-state index contributed by atoms with van der Waals surface area (Å²) in [6.07, 6.45) is 2.35. The van der Waals surface area contributed by atoms with Gasteiger partial charge in [-0.2, -0.15) is 0 Å². The third-order valence-electron chi connectivity index (χ3n) is 5.11. The fourth-order valence-electron chi connectivity index (χ4n) is 3.39. The van der Waals surface area contributed by atoms with Gasteiger partial charge in [-0.05, 0) is 54.0 Å². The topological polar surface area (TPSA) is 33.2 Å². The van der Waals surface area contributed by atoms with E-state index in [1.54, 1.807) is 23.1 Å². The maximum Gasteiger partial charge on any atom is 0.229 e. The molecule has 3 nitrogen and oxygen atoms in total. The molecule has 0 aliphatic rings. The van der Waals surface area contributed by atoms with Gasteiger partial charge in [0.1, 0.15) is 0 Å². The molecule has 0 atom stereocenters. The Bertz CT molecular complexity index is 1130. The van der Waals surface area contributed by atoms with Crippen LogP contribution in [0.2, 0.25) is 0 Å². The van der Waals surface area contributed by atoms with Crippen LogP contribution in [0.5, 0.6) is 0 Å². The minimum atomic E-state index is 0.132. The highest BCUT2D eigenvalue weighted by atomic mass is 32.2. The van der Waals surface area contributed by atoms with Crippen molar-refractivity contribution in [2.45, 2.75) is 37.6 Å². The Balaban J connectivity index is 1.49. The van der Waals surface area contributed by atoms with Crippen LogP contribution in [0, 0.1) is 0 Å². The van der Waals surface area contributed by atoms with Crippen LogP contribution in [0.4, 0.5) is 5.13 Å². The number of carbonyl (C=O) groups excluding carboxylic acids is 1. The monoisotopic (exact) mass is 446 g/mol. The Kier molecular flexibility index (Phi) is 7.39. The third-order valence-corrected chi connectivity index (χ3v) is 7.25. The number of hydrogen-bond donors (Lipinski definition) is 0. The minimum absolute atomic E-state index is 0.132. The summed E-state index contributed by atoms with van der Waals surface area (Å²) in [5.74, 6) is 1.06. The second-order valence-electron chi connectivity index (χ2n) is 7.38. The zero-order valence-electron chi connectivity index (χ0n) is 17.7. The van der Waals surface area contributed by atoms with Crippen LogP contribution in [0.25, 0.3) is 10.2 Å². The van der Waals surface area contributed by atoms with E-state index in [0.717, 1.165) is 39.5 Å². The summed E-state index contributed by atoms with van der Waals surface area (Å²) in [5.41, 5.74) is 3.37. The summed E-state index contributed by atoms with van der Waals surface area (Å²) >= 11 is 3.41. The first kappa shape index (κ1) is 21.6. The van der Waals surface area contributed by atoms with Crippen molar-refractivity contribution < 1.29 is 4.79 Å². The van der Waals surface area contributed by atoms with E-state index in [4.69, 9.17) is 4.98 Å². The predicted octanol–water partition coefficient (Wildman–Crippen LogP) is 6.96. The van der Waals surface area contributed by atoms with E-state index >= 15 is 0 Å². The van der Waals surface area contributed by atoms with Crippen molar-refractivity contribution in [3.05, 3.63) is 90.0 Å². The molecule has 1 amide bonds. The molecule has 0 spiro atoms. The van der Waals surface area contributed by atoms with Gasteiger partial charge in [-0.15, -0.1) is 11.8 Å². The largest absolute Gasteiger partial charge is 0.284 e. The molecule has 0 N–H and O–H groups in total. The number of aromatic nitrogens is 1. The van der Waals surface area contributed by atoms with Gasteiger partial charge in [0, 0.05) is 11.3 Å². The molecule has 0 saturated heterocycles. The van der Waals surface area contributed by atoms with Gasteiger partial charge in [-0.1, -0.05) is 72.9 Å². The number of fused-ring (bicyclic) bond motifs is 1. The van der Waals surface area contributed by atoms with Crippen molar-refractivity contribution in [3.63, 3.8) is 0 Å². The van der Waals surface area contributed by atoms with Gasteiger partial charge in [0.2, 0.25) is 5.91 Å². The van der Waals surface area contributed by atoms with Gasteiger partial charge < -0.3 is 0 Å². The smallest absolute Gasteiger partial charge is 0.229 e. The second-order valence-corrected chi connectivity index (χ2v) is 9.56.